The summed E-state index contributed by atoms with van der Waals surface area (Å²) in [7, 11) is 3.39. The number of hydrogen-bond donors (Lipinski definition) is 2. The molecule has 5 heteroatoms. The van der Waals surface area contributed by atoms with Crippen LogP contribution in [0, 0.1) is 0 Å². The number of halogens is 1. The van der Waals surface area contributed by atoms with Crippen LogP contribution >= 0.6 is 11.6 Å². The molecule has 0 fully saturated rings. The molecule has 0 atom stereocenters. The maximum absolute atomic E-state index is 12.3. The van der Waals surface area contributed by atoms with Gasteiger partial charge in [0.2, 0.25) is 0 Å². The number of benzene rings is 2. The van der Waals surface area contributed by atoms with E-state index in [0.717, 1.165) is 17.8 Å². The fourth-order valence-corrected chi connectivity index (χ4v) is 2.18. The van der Waals surface area contributed by atoms with Crippen LogP contribution in [-0.2, 0) is 6.54 Å². The highest BCUT2D eigenvalue weighted by atomic mass is 35.5. The first-order valence-electron chi connectivity index (χ1n) is 6.52. The minimum atomic E-state index is -0.231. The van der Waals surface area contributed by atoms with Crippen LogP contribution in [0.3, 0.4) is 0 Å². The third-order valence-corrected chi connectivity index (χ3v) is 3.21. The quantitative estimate of drug-likeness (QED) is 0.891. The van der Waals surface area contributed by atoms with E-state index < -0.39 is 0 Å². The Bertz CT molecular complexity index is 644. The van der Waals surface area contributed by atoms with E-state index in [0.29, 0.717) is 16.3 Å². The zero-order valence-corrected chi connectivity index (χ0v) is 12.7. The number of hydrogen-bond acceptors (Lipinski definition) is 3. The Hall–Kier alpha value is -2.04. The molecular weight excluding hydrogens is 288 g/mol. The Balaban J connectivity index is 2.20. The smallest absolute Gasteiger partial charge is 0.259 e. The highest BCUT2D eigenvalue weighted by molar-refractivity contribution is 6.31. The average molecular weight is 305 g/mol. The Morgan fingerprint density at radius 1 is 1.24 bits per heavy atom. The van der Waals surface area contributed by atoms with Crippen molar-refractivity contribution in [2.75, 3.05) is 19.5 Å². The minimum absolute atomic E-state index is 0.231. The molecule has 0 aliphatic heterocycles. The van der Waals surface area contributed by atoms with Crippen molar-refractivity contribution >= 4 is 23.2 Å². The van der Waals surface area contributed by atoms with Crippen LogP contribution in [0.1, 0.15) is 15.9 Å². The van der Waals surface area contributed by atoms with Gasteiger partial charge >= 0.3 is 0 Å². The molecule has 0 unspecified atom stereocenters. The van der Waals surface area contributed by atoms with Gasteiger partial charge in [-0.05, 0) is 42.9 Å². The van der Waals surface area contributed by atoms with E-state index in [-0.39, 0.29) is 5.91 Å². The SMILES string of the molecule is CNCc1cccc(NC(=O)c2ccc(Cl)cc2OC)c1. The number of anilines is 1. The van der Waals surface area contributed by atoms with E-state index in [2.05, 4.69) is 10.6 Å². The first-order chi connectivity index (χ1) is 10.1. The summed E-state index contributed by atoms with van der Waals surface area (Å²) in [6, 6.07) is 12.6. The summed E-state index contributed by atoms with van der Waals surface area (Å²) in [6.07, 6.45) is 0. The standard InChI is InChI=1S/C16H17ClN2O2/c1-18-10-11-4-3-5-13(8-11)19-16(20)14-7-6-12(17)9-15(14)21-2/h3-9,18H,10H2,1-2H3,(H,19,20). The topological polar surface area (TPSA) is 50.4 Å². The summed E-state index contributed by atoms with van der Waals surface area (Å²) in [5.74, 6) is 0.219. The number of nitrogens with one attached hydrogen (secondary N) is 2. The number of ether oxygens (including phenoxy) is 1. The van der Waals surface area contributed by atoms with Gasteiger partial charge in [-0.2, -0.15) is 0 Å². The molecule has 0 aliphatic carbocycles. The fourth-order valence-electron chi connectivity index (χ4n) is 2.01. The molecule has 2 N–H and O–H groups in total. The second-order valence-corrected chi connectivity index (χ2v) is 4.97. The Kier molecular flexibility index (Phi) is 5.20. The normalized spacial score (nSPS) is 10.2. The molecule has 0 aromatic heterocycles. The maximum Gasteiger partial charge on any atom is 0.259 e. The second-order valence-electron chi connectivity index (χ2n) is 4.53. The first-order valence-corrected chi connectivity index (χ1v) is 6.90. The van der Waals surface area contributed by atoms with Gasteiger partial charge in [-0.25, -0.2) is 0 Å². The molecule has 0 saturated heterocycles. The third-order valence-electron chi connectivity index (χ3n) is 2.97. The number of carbonyl (C=O) groups is 1. The fraction of sp³-hybridized carbons (Fsp3) is 0.188. The molecule has 110 valence electrons. The van der Waals surface area contributed by atoms with E-state index in [1.165, 1.54) is 7.11 Å². The monoisotopic (exact) mass is 304 g/mol. The number of carbonyl (C=O) groups excluding carboxylic acids is 1. The largest absolute Gasteiger partial charge is 0.496 e. The predicted octanol–water partition coefficient (Wildman–Crippen LogP) is 3.32. The molecule has 0 aliphatic rings. The van der Waals surface area contributed by atoms with E-state index >= 15 is 0 Å². The van der Waals surface area contributed by atoms with Crippen molar-refractivity contribution in [1.29, 1.82) is 0 Å². The van der Waals surface area contributed by atoms with Gasteiger partial charge in [-0.1, -0.05) is 23.7 Å². The zero-order valence-electron chi connectivity index (χ0n) is 11.9. The average Bonchev–Trinajstić information content (AvgIpc) is 2.47. The lowest BCUT2D eigenvalue weighted by Crippen LogP contribution is -2.13. The Morgan fingerprint density at radius 2 is 2.05 bits per heavy atom. The first kappa shape index (κ1) is 15.4. The molecule has 21 heavy (non-hydrogen) atoms. The van der Waals surface area contributed by atoms with Gasteiger partial charge in [-0.15, -0.1) is 0 Å². The molecule has 2 aromatic carbocycles. The number of methoxy groups -OCH3 is 1. The van der Waals surface area contributed by atoms with Crippen LogP contribution in [0.15, 0.2) is 42.5 Å². The van der Waals surface area contributed by atoms with Gasteiger partial charge in [0, 0.05) is 17.3 Å². The van der Waals surface area contributed by atoms with Crippen molar-refractivity contribution in [1.82, 2.24) is 5.32 Å². The molecule has 0 heterocycles. The second kappa shape index (κ2) is 7.11. The van der Waals surface area contributed by atoms with Crippen molar-refractivity contribution in [3.05, 3.63) is 58.6 Å². The Morgan fingerprint density at radius 3 is 2.76 bits per heavy atom. The summed E-state index contributed by atoms with van der Waals surface area (Å²) in [4.78, 5) is 12.3. The molecule has 0 radical (unpaired) electrons. The molecule has 0 saturated carbocycles. The van der Waals surface area contributed by atoms with Crippen LogP contribution < -0.4 is 15.4 Å². The molecule has 2 rings (SSSR count). The van der Waals surface area contributed by atoms with E-state index in [1.807, 2.05) is 31.3 Å². The molecule has 1 amide bonds. The van der Waals surface area contributed by atoms with E-state index in [4.69, 9.17) is 16.3 Å². The molecule has 0 bridgehead atoms. The Labute approximate surface area is 129 Å². The summed E-state index contributed by atoms with van der Waals surface area (Å²) < 4.78 is 5.19. The van der Waals surface area contributed by atoms with E-state index in [1.54, 1.807) is 18.2 Å². The van der Waals surface area contributed by atoms with Gasteiger partial charge in [0.15, 0.2) is 0 Å². The van der Waals surface area contributed by atoms with Crippen molar-refractivity contribution in [3.63, 3.8) is 0 Å². The lowest BCUT2D eigenvalue weighted by atomic mass is 10.1. The van der Waals surface area contributed by atoms with Gasteiger partial charge in [0.05, 0.1) is 12.7 Å². The molecule has 4 nitrogen and oxygen atoms in total. The van der Waals surface area contributed by atoms with Crippen molar-refractivity contribution in [3.8, 4) is 5.75 Å². The molecule has 0 spiro atoms. The van der Waals surface area contributed by atoms with Crippen LogP contribution in [0.25, 0.3) is 0 Å². The van der Waals surface area contributed by atoms with Gasteiger partial charge < -0.3 is 15.4 Å². The van der Waals surface area contributed by atoms with Crippen LogP contribution in [0.2, 0.25) is 5.02 Å². The van der Waals surface area contributed by atoms with Crippen molar-refractivity contribution in [2.24, 2.45) is 0 Å². The van der Waals surface area contributed by atoms with Gasteiger partial charge in [-0.3, -0.25) is 4.79 Å². The summed E-state index contributed by atoms with van der Waals surface area (Å²) in [5, 5.41) is 6.46. The predicted molar refractivity (Wildman–Crippen MR) is 85.2 cm³/mol. The molecule has 2 aromatic rings. The molecular formula is C16H17ClN2O2. The number of amides is 1. The van der Waals surface area contributed by atoms with Crippen molar-refractivity contribution in [2.45, 2.75) is 6.54 Å². The highest BCUT2D eigenvalue weighted by Gasteiger charge is 2.13. The number of rotatable bonds is 5. The summed E-state index contributed by atoms with van der Waals surface area (Å²) >= 11 is 5.90. The minimum Gasteiger partial charge on any atom is -0.496 e. The van der Waals surface area contributed by atoms with Crippen LogP contribution in [0.5, 0.6) is 5.75 Å². The summed E-state index contributed by atoms with van der Waals surface area (Å²) in [5.41, 5.74) is 2.28. The maximum atomic E-state index is 12.3. The van der Waals surface area contributed by atoms with Crippen LogP contribution in [-0.4, -0.2) is 20.1 Å². The third kappa shape index (κ3) is 3.97. The van der Waals surface area contributed by atoms with Crippen molar-refractivity contribution < 1.29 is 9.53 Å². The van der Waals surface area contributed by atoms with E-state index in [9.17, 15) is 4.79 Å². The summed E-state index contributed by atoms with van der Waals surface area (Å²) in [6.45, 7) is 0.744. The van der Waals surface area contributed by atoms with Crippen LogP contribution in [0.4, 0.5) is 5.69 Å². The van der Waals surface area contributed by atoms with Gasteiger partial charge in [0.1, 0.15) is 5.75 Å². The van der Waals surface area contributed by atoms with Gasteiger partial charge in [0.25, 0.3) is 5.91 Å². The highest BCUT2D eigenvalue weighted by Crippen LogP contribution is 2.24. The lowest BCUT2D eigenvalue weighted by Gasteiger charge is -2.10. The zero-order chi connectivity index (χ0) is 15.2. The lowest BCUT2D eigenvalue weighted by molar-refractivity contribution is 0.102.